The Labute approximate surface area is 239 Å². The summed E-state index contributed by atoms with van der Waals surface area (Å²) in [5.74, 6) is -0.731. The molecule has 1 amide bonds. The minimum atomic E-state index is -0.606. The summed E-state index contributed by atoms with van der Waals surface area (Å²) in [5, 5.41) is 0. The molecule has 0 bridgehead atoms. The van der Waals surface area contributed by atoms with E-state index in [0.717, 1.165) is 19.4 Å². The maximum atomic E-state index is 13.5. The summed E-state index contributed by atoms with van der Waals surface area (Å²) in [4.78, 5) is 58.0. The number of rotatable bonds is 7. The van der Waals surface area contributed by atoms with Gasteiger partial charge in [-0.2, -0.15) is 0 Å². The van der Waals surface area contributed by atoms with Crippen LogP contribution in [0.4, 0.5) is 0 Å². The summed E-state index contributed by atoms with van der Waals surface area (Å²) < 4.78 is 11.1. The molecule has 1 heterocycles. The van der Waals surface area contributed by atoms with E-state index in [1.807, 2.05) is 46.4 Å². The number of amides is 1. The topological polar surface area (TPSA) is 99.7 Å². The van der Waals surface area contributed by atoms with Gasteiger partial charge in [0.15, 0.2) is 0 Å². The lowest BCUT2D eigenvalue weighted by Gasteiger charge is -2.34. The smallest absolute Gasteiger partial charge is 0.320 e. The minimum absolute atomic E-state index is 0.0781. The van der Waals surface area contributed by atoms with Crippen molar-refractivity contribution in [1.29, 1.82) is 0 Å². The highest BCUT2D eigenvalue weighted by molar-refractivity contribution is 5.95. The third-order valence-corrected chi connectivity index (χ3v) is 6.41. The molecule has 0 atom stereocenters. The van der Waals surface area contributed by atoms with Crippen LogP contribution in [-0.4, -0.2) is 127 Å². The van der Waals surface area contributed by atoms with E-state index < -0.39 is 11.2 Å². The number of aldehydes is 1. The fraction of sp³-hybridized carbons (Fsp3) is 0.667. The number of hydrogen-bond acceptors (Lipinski definition) is 9. The van der Waals surface area contributed by atoms with Gasteiger partial charge in [-0.25, -0.2) is 0 Å². The van der Waals surface area contributed by atoms with Gasteiger partial charge >= 0.3 is 11.9 Å². The molecule has 0 spiro atoms. The summed E-state index contributed by atoms with van der Waals surface area (Å²) in [7, 11) is 0. The van der Waals surface area contributed by atoms with Crippen LogP contribution >= 0.6 is 0 Å². The Hall–Kier alpha value is -2.82. The van der Waals surface area contributed by atoms with E-state index in [0.29, 0.717) is 56.9 Å². The van der Waals surface area contributed by atoms with Gasteiger partial charge in [-0.05, 0) is 60.2 Å². The molecular weight excluding hydrogens is 512 g/mol. The van der Waals surface area contributed by atoms with Crippen molar-refractivity contribution in [2.24, 2.45) is 0 Å². The first-order chi connectivity index (χ1) is 18.7. The monoisotopic (exact) mass is 560 g/mol. The second kappa shape index (κ2) is 15.3. The fourth-order valence-electron chi connectivity index (χ4n) is 4.37. The van der Waals surface area contributed by atoms with Crippen LogP contribution in [0.25, 0.3) is 0 Å². The molecule has 1 aliphatic rings. The Bertz CT molecular complexity index is 983. The third kappa shape index (κ3) is 12.6. The molecule has 0 unspecified atom stereocenters. The molecule has 1 aromatic rings. The third-order valence-electron chi connectivity index (χ3n) is 6.41. The van der Waals surface area contributed by atoms with Crippen molar-refractivity contribution < 1.29 is 28.7 Å². The maximum Gasteiger partial charge on any atom is 0.320 e. The van der Waals surface area contributed by atoms with E-state index in [-0.39, 0.29) is 30.9 Å². The van der Waals surface area contributed by atoms with Crippen LogP contribution < -0.4 is 0 Å². The van der Waals surface area contributed by atoms with Gasteiger partial charge in [-0.15, -0.1) is 0 Å². The molecule has 0 radical (unpaired) electrons. The Balaban J connectivity index is 2.24. The quantitative estimate of drug-likeness (QED) is 0.368. The van der Waals surface area contributed by atoms with Gasteiger partial charge in [-0.3, -0.25) is 29.0 Å². The van der Waals surface area contributed by atoms with Crippen molar-refractivity contribution in [2.75, 3.05) is 72.0 Å². The summed E-state index contributed by atoms with van der Waals surface area (Å²) in [6, 6.07) is 6.63. The first kappa shape index (κ1) is 33.4. The van der Waals surface area contributed by atoms with Crippen molar-refractivity contribution in [3.63, 3.8) is 0 Å². The zero-order valence-electron chi connectivity index (χ0n) is 25.4. The highest BCUT2D eigenvalue weighted by Gasteiger charge is 2.25. The molecule has 1 fully saturated rings. The number of ether oxygens (including phenoxy) is 2. The molecular formula is C30H48N4O6. The standard InChI is InChI=1S/C30H48N4O6/c1-8-31-13-14-32(21-26(36)39-29(2,3)4)15-16-33(22-27(37)40-30(5,6)7)18-20-34(19-17-31)28(38)25-11-9-24(23-35)10-12-25/h9-12,23H,8,13-22H2,1-7H3. The number of benzene rings is 1. The van der Waals surface area contributed by atoms with Crippen LogP contribution in [0, 0.1) is 0 Å². The van der Waals surface area contributed by atoms with Crippen LogP contribution in [0.5, 0.6) is 0 Å². The van der Waals surface area contributed by atoms with Gasteiger partial charge in [0, 0.05) is 63.5 Å². The molecule has 0 aromatic heterocycles. The SMILES string of the molecule is CCN1CCN(CC(=O)OC(C)(C)C)CCN(CC(=O)OC(C)(C)C)CCN(C(=O)c2ccc(C=O)cc2)CC1. The van der Waals surface area contributed by atoms with Gasteiger partial charge in [0.2, 0.25) is 0 Å². The first-order valence-electron chi connectivity index (χ1n) is 14.1. The van der Waals surface area contributed by atoms with Crippen molar-refractivity contribution in [3.8, 4) is 0 Å². The number of nitrogens with zero attached hydrogens (tertiary/aromatic N) is 4. The summed E-state index contributed by atoms with van der Waals surface area (Å²) in [6.07, 6.45) is 0.754. The Morgan fingerprint density at radius 2 is 1.10 bits per heavy atom. The zero-order valence-corrected chi connectivity index (χ0v) is 25.4. The van der Waals surface area contributed by atoms with Gasteiger partial charge in [0.25, 0.3) is 5.91 Å². The van der Waals surface area contributed by atoms with Gasteiger partial charge in [-0.1, -0.05) is 19.1 Å². The lowest BCUT2D eigenvalue weighted by Crippen LogP contribution is -2.49. The van der Waals surface area contributed by atoms with Crippen molar-refractivity contribution in [1.82, 2.24) is 19.6 Å². The van der Waals surface area contributed by atoms with Gasteiger partial charge in [0.1, 0.15) is 17.5 Å². The number of carbonyl (C=O) groups is 4. The van der Waals surface area contributed by atoms with E-state index in [9.17, 15) is 19.2 Å². The summed E-state index contributed by atoms with van der Waals surface area (Å²) in [6.45, 7) is 18.7. The van der Waals surface area contributed by atoms with Crippen LogP contribution in [0.15, 0.2) is 24.3 Å². The Kier molecular flexibility index (Phi) is 12.7. The number of hydrogen-bond donors (Lipinski definition) is 0. The highest BCUT2D eigenvalue weighted by atomic mass is 16.6. The number of carbonyl (C=O) groups excluding carboxylic acids is 4. The molecule has 10 heteroatoms. The van der Waals surface area contributed by atoms with E-state index in [1.165, 1.54) is 0 Å². The first-order valence-corrected chi connectivity index (χ1v) is 14.1. The summed E-state index contributed by atoms with van der Waals surface area (Å²) in [5.41, 5.74) is -0.137. The zero-order chi connectivity index (χ0) is 29.9. The van der Waals surface area contributed by atoms with Crippen molar-refractivity contribution in [3.05, 3.63) is 35.4 Å². The largest absolute Gasteiger partial charge is 0.459 e. The molecule has 1 aromatic carbocycles. The van der Waals surface area contributed by atoms with Crippen LogP contribution in [-0.2, 0) is 19.1 Å². The fourth-order valence-corrected chi connectivity index (χ4v) is 4.37. The van der Waals surface area contributed by atoms with E-state index in [1.54, 1.807) is 29.2 Å². The average molecular weight is 561 g/mol. The summed E-state index contributed by atoms with van der Waals surface area (Å²) >= 11 is 0. The lowest BCUT2D eigenvalue weighted by atomic mass is 10.1. The Morgan fingerprint density at radius 3 is 1.50 bits per heavy atom. The molecule has 0 N–H and O–H groups in total. The molecule has 0 aliphatic carbocycles. The molecule has 2 rings (SSSR count). The van der Waals surface area contributed by atoms with Crippen molar-refractivity contribution in [2.45, 2.75) is 59.7 Å². The average Bonchev–Trinajstić information content (AvgIpc) is 2.84. The second-order valence-electron chi connectivity index (χ2n) is 12.2. The molecule has 1 saturated heterocycles. The van der Waals surface area contributed by atoms with Crippen LogP contribution in [0.2, 0.25) is 0 Å². The van der Waals surface area contributed by atoms with Crippen LogP contribution in [0.1, 0.15) is 69.2 Å². The van der Waals surface area contributed by atoms with Gasteiger partial charge < -0.3 is 19.3 Å². The van der Waals surface area contributed by atoms with E-state index in [2.05, 4.69) is 16.7 Å². The molecule has 1 aliphatic heterocycles. The number of likely N-dealkylation sites (N-methyl/N-ethyl adjacent to an activating group) is 1. The number of esters is 2. The Morgan fingerprint density at radius 1 is 0.700 bits per heavy atom. The lowest BCUT2D eigenvalue weighted by molar-refractivity contribution is -0.158. The van der Waals surface area contributed by atoms with E-state index >= 15 is 0 Å². The molecule has 0 saturated carbocycles. The van der Waals surface area contributed by atoms with Crippen molar-refractivity contribution >= 4 is 24.1 Å². The van der Waals surface area contributed by atoms with E-state index in [4.69, 9.17) is 9.47 Å². The van der Waals surface area contributed by atoms with Gasteiger partial charge in [0.05, 0.1) is 13.1 Å². The predicted molar refractivity (Wildman–Crippen MR) is 154 cm³/mol. The second-order valence-corrected chi connectivity index (χ2v) is 12.2. The maximum absolute atomic E-state index is 13.5. The highest BCUT2D eigenvalue weighted by Crippen LogP contribution is 2.12. The molecule has 224 valence electrons. The minimum Gasteiger partial charge on any atom is -0.459 e. The molecule has 40 heavy (non-hydrogen) atoms. The molecule has 10 nitrogen and oxygen atoms in total. The van der Waals surface area contributed by atoms with Crippen LogP contribution in [0.3, 0.4) is 0 Å². The predicted octanol–water partition coefficient (Wildman–Crippen LogP) is 2.56. The normalized spacial score (nSPS) is 17.4.